The largest absolute Gasteiger partial charge is 0.293 e. The van der Waals surface area contributed by atoms with Crippen molar-refractivity contribution < 1.29 is 9.18 Å². The molecular weight excluding hydrogens is 247 g/mol. The number of aryl methyl sites for hydroxylation is 1. The zero-order valence-electron chi connectivity index (χ0n) is 10.0. The summed E-state index contributed by atoms with van der Waals surface area (Å²) >= 11 is 1.51. The molecule has 0 N–H and O–H groups in total. The van der Waals surface area contributed by atoms with Crippen LogP contribution in [0.3, 0.4) is 0 Å². The maximum Gasteiger partial charge on any atom is 0.173 e. The van der Waals surface area contributed by atoms with Crippen LogP contribution in [0, 0.1) is 12.7 Å². The highest BCUT2D eigenvalue weighted by molar-refractivity contribution is 8.00. The summed E-state index contributed by atoms with van der Waals surface area (Å²) in [5.41, 5.74) is 1.71. The third-order valence-corrected chi connectivity index (χ3v) is 3.79. The standard InChI is InChI=1S/C15H13FOS/c1-11-4-2-3-5-15(11)18-10-14(17)12-6-8-13(16)9-7-12/h2-9H,10H2,1H3. The van der Waals surface area contributed by atoms with Gasteiger partial charge in [-0.2, -0.15) is 0 Å². The van der Waals surface area contributed by atoms with Crippen LogP contribution in [0.1, 0.15) is 15.9 Å². The minimum Gasteiger partial charge on any atom is -0.293 e. The van der Waals surface area contributed by atoms with Crippen molar-refractivity contribution in [3.05, 3.63) is 65.5 Å². The smallest absolute Gasteiger partial charge is 0.173 e. The van der Waals surface area contributed by atoms with Crippen molar-refractivity contribution in [2.45, 2.75) is 11.8 Å². The fraction of sp³-hybridized carbons (Fsp3) is 0.133. The molecule has 0 aliphatic heterocycles. The number of hydrogen-bond donors (Lipinski definition) is 0. The first-order valence-electron chi connectivity index (χ1n) is 5.64. The van der Waals surface area contributed by atoms with E-state index in [0.29, 0.717) is 11.3 Å². The molecular formula is C15H13FOS. The second-order valence-electron chi connectivity index (χ2n) is 3.98. The molecule has 0 aliphatic rings. The SMILES string of the molecule is Cc1ccccc1SCC(=O)c1ccc(F)cc1. The Kier molecular flexibility index (Phi) is 4.15. The summed E-state index contributed by atoms with van der Waals surface area (Å²) in [4.78, 5) is 13.0. The molecule has 1 nitrogen and oxygen atoms in total. The zero-order chi connectivity index (χ0) is 13.0. The number of rotatable bonds is 4. The topological polar surface area (TPSA) is 17.1 Å². The van der Waals surface area contributed by atoms with Crippen molar-refractivity contribution in [1.82, 2.24) is 0 Å². The van der Waals surface area contributed by atoms with E-state index >= 15 is 0 Å². The number of carbonyl (C=O) groups excluding carboxylic acids is 1. The summed E-state index contributed by atoms with van der Waals surface area (Å²) < 4.78 is 12.7. The van der Waals surface area contributed by atoms with Gasteiger partial charge >= 0.3 is 0 Å². The van der Waals surface area contributed by atoms with Gasteiger partial charge in [0.2, 0.25) is 0 Å². The highest BCUT2D eigenvalue weighted by Gasteiger charge is 2.07. The number of carbonyl (C=O) groups is 1. The van der Waals surface area contributed by atoms with Crippen molar-refractivity contribution in [2.24, 2.45) is 0 Å². The maximum atomic E-state index is 12.7. The van der Waals surface area contributed by atoms with Crippen LogP contribution in [-0.4, -0.2) is 11.5 Å². The summed E-state index contributed by atoms with van der Waals surface area (Å²) in [6.45, 7) is 2.02. The Hall–Kier alpha value is -1.61. The van der Waals surface area contributed by atoms with Gasteiger partial charge in [-0.05, 0) is 42.8 Å². The molecule has 2 aromatic rings. The molecule has 92 valence electrons. The third kappa shape index (κ3) is 3.20. The molecule has 2 rings (SSSR count). The van der Waals surface area contributed by atoms with Crippen molar-refractivity contribution in [3.8, 4) is 0 Å². The molecule has 0 saturated carbocycles. The van der Waals surface area contributed by atoms with Crippen molar-refractivity contribution >= 4 is 17.5 Å². The maximum absolute atomic E-state index is 12.7. The van der Waals surface area contributed by atoms with Crippen molar-refractivity contribution in [3.63, 3.8) is 0 Å². The molecule has 0 aromatic heterocycles. The van der Waals surface area contributed by atoms with Gasteiger partial charge < -0.3 is 0 Å². The average Bonchev–Trinajstić information content (AvgIpc) is 2.38. The molecule has 2 aromatic carbocycles. The van der Waals surface area contributed by atoms with Gasteiger partial charge in [-0.15, -0.1) is 11.8 Å². The van der Waals surface area contributed by atoms with Gasteiger partial charge in [0.15, 0.2) is 5.78 Å². The fourth-order valence-electron chi connectivity index (χ4n) is 1.58. The van der Waals surface area contributed by atoms with E-state index in [-0.39, 0.29) is 11.6 Å². The van der Waals surface area contributed by atoms with E-state index < -0.39 is 0 Å². The molecule has 3 heteroatoms. The quantitative estimate of drug-likeness (QED) is 0.608. The van der Waals surface area contributed by atoms with E-state index in [1.165, 1.54) is 36.0 Å². The predicted octanol–water partition coefficient (Wildman–Crippen LogP) is 4.11. The van der Waals surface area contributed by atoms with Gasteiger partial charge in [-0.1, -0.05) is 18.2 Å². The van der Waals surface area contributed by atoms with Gasteiger partial charge in [0.1, 0.15) is 5.82 Å². The second kappa shape index (κ2) is 5.83. The first kappa shape index (κ1) is 12.8. The summed E-state index contributed by atoms with van der Waals surface area (Å²) in [6, 6.07) is 13.6. The molecule has 0 unspecified atom stereocenters. The van der Waals surface area contributed by atoms with Crippen LogP contribution in [0.15, 0.2) is 53.4 Å². The highest BCUT2D eigenvalue weighted by atomic mass is 32.2. The molecule has 0 radical (unpaired) electrons. The van der Waals surface area contributed by atoms with E-state index in [2.05, 4.69) is 0 Å². The Bertz CT molecular complexity index is 549. The van der Waals surface area contributed by atoms with Crippen LogP contribution in [0.2, 0.25) is 0 Å². The summed E-state index contributed by atoms with van der Waals surface area (Å²) in [5.74, 6) is 0.0672. The molecule has 0 saturated heterocycles. The first-order chi connectivity index (χ1) is 8.66. The number of benzene rings is 2. The van der Waals surface area contributed by atoms with Gasteiger partial charge in [0, 0.05) is 10.5 Å². The van der Waals surface area contributed by atoms with Crippen LogP contribution in [0.25, 0.3) is 0 Å². The molecule has 0 heterocycles. The number of thioether (sulfide) groups is 1. The molecule has 0 bridgehead atoms. The Morgan fingerprint density at radius 3 is 2.44 bits per heavy atom. The molecule has 0 amide bonds. The molecule has 18 heavy (non-hydrogen) atoms. The summed E-state index contributed by atoms with van der Waals surface area (Å²) in [6.07, 6.45) is 0. The lowest BCUT2D eigenvalue weighted by molar-refractivity contribution is 0.102. The van der Waals surface area contributed by atoms with E-state index in [1.807, 2.05) is 31.2 Å². The van der Waals surface area contributed by atoms with E-state index in [1.54, 1.807) is 0 Å². The normalized spacial score (nSPS) is 10.3. The van der Waals surface area contributed by atoms with E-state index in [0.717, 1.165) is 10.5 Å². The Labute approximate surface area is 110 Å². The van der Waals surface area contributed by atoms with Gasteiger partial charge in [0.05, 0.1) is 5.75 Å². The predicted molar refractivity (Wildman–Crippen MR) is 72.6 cm³/mol. The molecule has 0 fully saturated rings. The minimum absolute atomic E-state index is 0.0169. The number of halogens is 1. The van der Waals surface area contributed by atoms with Crippen LogP contribution in [-0.2, 0) is 0 Å². The third-order valence-electron chi connectivity index (χ3n) is 2.62. The number of hydrogen-bond acceptors (Lipinski definition) is 2. The van der Waals surface area contributed by atoms with Crippen molar-refractivity contribution in [2.75, 3.05) is 5.75 Å². The van der Waals surface area contributed by atoms with Gasteiger partial charge in [0.25, 0.3) is 0 Å². The van der Waals surface area contributed by atoms with Crippen LogP contribution in [0.5, 0.6) is 0 Å². The lowest BCUT2D eigenvalue weighted by Gasteiger charge is -2.04. The Morgan fingerprint density at radius 1 is 1.11 bits per heavy atom. The second-order valence-corrected chi connectivity index (χ2v) is 5.00. The summed E-state index contributed by atoms with van der Waals surface area (Å²) in [5, 5.41) is 0. The Morgan fingerprint density at radius 2 is 1.78 bits per heavy atom. The highest BCUT2D eigenvalue weighted by Crippen LogP contribution is 2.22. The van der Waals surface area contributed by atoms with Gasteiger partial charge in [-0.3, -0.25) is 4.79 Å². The average molecular weight is 260 g/mol. The fourth-order valence-corrected chi connectivity index (χ4v) is 2.50. The molecule has 0 aliphatic carbocycles. The van der Waals surface area contributed by atoms with Crippen LogP contribution >= 0.6 is 11.8 Å². The minimum atomic E-state index is -0.321. The van der Waals surface area contributed by atoms with Crippen LogP contribution < -0.4 is 0 Å². The summed E-state index contributed by atoms with van der Waals surface area (Å²) in [7, 11) is 0. The van der Waals surface area contributed by atoms with E-state index in [9.17, 15) is 9.18 Å². The number of Topliss-reactive ketones (excluding diaryl/α,β-unsaturated/α-hetero) is 1. The molecule has 0 atom stereocenters. The lowest BCUT2D eigenvalue weighted by Crippen LogP contribution is -2.02. The lowest BCUT2D eigenvalue weighted by atomic mass is 10.1. The molecule has 0 spiro atoms. The first-order valence-corrected chi connectivity index (χ1v) is 6.62. The van der Waals surface area contributed by atoms with Gasteiger partial charge in [-0.25, -0.2) is 4.39 Å². The zero-order valence-corrected chi connectivity index (χ0v) is 10.8. The number of ketones is 1. The van der Waals surface area contributed by atoms with Crippen LogP contribution in [0.4, 0.5) is 4.39 Å². The van der Waals surface area contributed by atoms with Crippen molar-refractivity contribution in [1.29, 1.82) is 0 Å². The van der Waals surface area contributed by atoms with E-state index in [4.69, 9.17) is 0 Å². The monoisotopic (exact) mass is 260 g/mol. The Balaban J connectivity index is 2.01.